The molecule has 1 fully saturated rings. The molecule has 0 unspecified atom stereocenters. The summed E-state index contributed by atoms with van der Waals surface area (Å²) in [7, 11) is 0. The van der Waals surface area contributed by atoms with Gasteiger partial charge >= 0.3 is 6.18 Å². The van der Waals surface area contributed by atoms with Crippen LogP contribution in [0.4, 0.5) is 13.2 Å². The molecule has 9 heteroatoms. The summed E-state index contributed by atoms with van der Waals surface area (Å²) in [6, 6.07) is 4.80. The number of halogens is 3. The second-order valence-corrected chi connectivity index (χ2v) is 5.94. The molecule has 6 nitrogen and oxygen atoms in total. The van der Waals surface area contributed by atoms with E-state index >= 15 is 0 Å². The van der Waals surface area contributed by atoms with Gasteiger partial charge in [-0.15, -0.1) is 0 Å². The minimum Gasteiger partial charge on any atom is -0.338 e. The number of carbonyl (C=O) groups excluding carboxylic acids is 1. The lowest BCUT2D eigenvalue weighted by atomic mass is 10.1. The van der Waals surface area contributed by atoms with Crippen LogP contribution in [0.2, 0.25) is 0 Å². The zero-order chi connectivity index (χ0) is 17.7. The van der Waals surface area contributed by atoms with Crippen molar-refractivity contribution in [1.82, 2.24) is 25.5 Å². The third-order valence-corrected chi connectivity index (χ3v) is 4.20. The topological polar surface area (TPSA) is 83.6 Å². The summed E-state index contributed by atoms with van der Waals surface area (Å²) in [5, 5.41) is 9.39. The Morgan fingerprint density at radius 1 is 1.20 bits per heavy atom. The van der Waals surface area contributed by atoms with E-state index in [0.29, 0.717) is 24.2 Å². The molecule has 25 heavy (non-hydrogen) atoms. The number of aromatic amines is 1. The molecular formula is C16H12F3N5O. The van der Waals surface area contributed by atoms with Crippen LogP contribution in [0, 0.1) is 0 Å². The summed E-state index contributed by atoms with van der Waals surface area (Å²) in [6.07, 6.45) is -0.00512. The number of amides is 1. The predicted molar refractivity (Wildman–Crippen MR) is 81.5 cm³/mol. The van der Waals surface area contributed by atoms with Crippen LogP contribution in [-0.2, 0) is 11.7 Å². The Morgan fingerprint density at radius 3 is 2.56 bits per heavy atom. The second-order valence-electron chi connectivity index (χ2n) is 5.94. The van der Waals surface area contributed by atoms with Crippen LogP contribution in [0.15, 0.2) is 36.7 Å². The van der Waals surface area contributed by atoms with E-state index in [1.807, 2.05) is 0 Å². The Morgan fingerprint density at radius 2 is 1.92 bits per heavy atom. The summed E-state index contributed by atoms with van der Waals surface area (Å²) in [6.45, 7) is 0. The van der Waals surface area contributed by atoms with Crippen molar-refractivity contribution in [1.29, 1.82) is 0 Å². The van der Waals surface area contributed by atoms with Gasteiger partial charge in [-0.1, -0.05) is 0 Å². The first-order valence-electron chi connectivity index (χ1n) is 7.54. The maximum atomic E-state index is 12.9. The van der Waals surface area contributed by atoms with Gasteiger partial charge in [-0.2, -0.15) is 18.3 Å². The fourth-order valence-corrected chi connectivity index (χ4v) is 2.72. The largest absolute Gasteiger partial charge is 0.416 e. The van der Waals surface area contributed by atoms with Gasteiger partial charge in [0.15, 0.2) is 11.5 Å². The standard InChI is InChI=1S/C16H12F3N5O/c17-16(18,19)9-2-3-11-10(8-9)12(24-23-11)13(25)22-15(4-5-15)14-20-6-1-7-21-14/h1-3,6-8H,4-5H2,(H,22,25)(H,23,24). The van der Waals surface area contributed by atoms with E-state index in [-0.39, 0.29) is 11.1 Å². The summed E-state index contributed by atoms with van der Waals surface area (Å²) in [5.74, 6) is -0.0744. The Hall–Kier alpha value is -2.97. The zero-order valence-corrected chi connectivity index (χ0v) is 12.8. The van der Waals surface area contributed by atoms with Crippen LogP contribution in [-0.4, -0.2) is 26.1 Å². The van der Waals surface area contributed by atoms with Crippen LogP contribution in [0.1, 0.15) is 34.7 Å². The molecule has 128 valence electrons. The van der Waals surface area contributed by atoms with Gasteiger partial charge in [0, 0.05) is 17.8 Å². The SMILES string of the molecule is O=C(NC1(c2ncccn2)CC1)c1n[nH]c2ccc(C(F)(F)F)cc12. The number of rotatable bonds is 3. The first kappa shape index (κ1) is 15.6. The number of H-pyrrole nitrogens is 1. The van der Waals surface area contributed by atoms with E-state index in [2.05, 4.69) is 25.5 Å². The number of alkyl halides is 3. The molecule has 0 spiro atoms. The van der Waals surface area contributed by atoms with Crippen molar-refractivity contribution in [3.8, 4) is 0 Å². The third-order valence-electron chi connectivity index (χ3n) is 4.20. The Labute approximate surface area is 139 Å². The molecule has 3 aromatic rings. The van der Waals surface area contributed by atoms with Crippen molar-refractivity contribution in [3.05, 3.63) is 53.7 Å². The number of fused-ring (bicyclic) bond motifs is 1. The van der Waals surface area contributed by atoms with Crippen molar-refractivity contribution >= 4 is 16.8 Å². The molecular weight excluding hydrogens is 335 g/mol. The highest BCUT2D eigenvalue weighted by Gasteiger charge is 2.48. The number of nitrogens with one attached hydrogen (secondary N) is 2. The van der Waals surface area contributed by atoms with Gasteiger partial charge in [-0.25, -0.2) is 9.97 Å². The lowest BCUT2D eigenvalue weighted by molar-refractivity contribution is -0.137. The molecule has 1 aromatic carbocycles. The van der Waals surface area contributed by atoms with E-state index in [9.17, 15) is 18.0 Å². The number of hydrogen-bond acceptors (Lipinski definition) is 4. The van der Waals surface area contributed by atoms with Crippen molar-refractivity contribution in [3.63, 3.8) is 0 Å². The van der Waals surface area contributed by atoms with Crippen LogP contribution < -0.4 is 5.32 Å². The average molecular weight is 347 g/mol. The minimum absolute atomic E-state index is 0.0803. The summed E-state index contributed by atoms with van der Waals surface area (Å²) in [4.78, 5) is 20.9. The molecule has 0 bridgehead atoms. The van der Waals surface area contributed by atoms with E-state index in [4.69, 9.17) is 0 Å². The van der Waals surface area contributed by atoms with Crippen LogP contribution in [0.25, 0.3) is 10.9 Å². The fraction of sp³-hybridized carbons (Fsp3) is 0.250. The van der Waals surface area contributed by atoms with E-state index < -0.39 is 23.2 Å². The number of carbonyl (C=O) groups is 1. The van der Waals surface area contributed by atoms with Gasteiger partial charge in [-0.05, 0) is 37.1 Å². The molecule has 2 aromatic heterocycles. The average Bonchev–Trinajstić information content (AvgIpc) is 3.24. The predicted octanol–water partition coefficient (Wildman–Crippen LogP) is 2.79. The molecule has 2 heterocycles. The molecule has 0 atom stereocenters. The van der Waals surface area contributed by atoms with E-state index in [1.54, 1.807) is 18.5 Å². The molecule has 1 aliphatic rings. The normalized spacial score (nSPS) is 16.0. The highest BCUT2D eigenvalue weighted by atomic mass is 19.4. The molecule has 1 saturated carbocycles. The van der Waals surface area contributed by atoms with E-state index in [0.717, 1.165) is 12.1 Å². The van der Waals surface area contributed by atoms with Gasteiger partial charge in [0.2, 0.25) is 0 Å². The van der Waals surface area contributed by atoms with Gasteiger partial charge < -0.3 is 5.32 Å². The summed E-state index contributed by atoms with van der Waals surface area (Å²) in [5.41, 5.74) is -1.23. The van der Waals surface area contributed by atoms with Gasteiger partial charge in [-0.3, -0.25) is 9.89 Å². The van der Waals surface area contributed by atoms with Crippen LogP contribution in [0.5, 0.6) is 0 Å². The maximum Gasteiger partial charge on any atom is 0.416 e. The number of nitrogens with zero attached hydrogens (tertiary/aromatic N) is 3. The summed E-state index contributed by atoms with van der Waals surface area (Å²) < 4.78 is 38.7. The van der Waals surface area contributed by atoms with Crippen molar-refractivity contribution in [2.24, 2.45) is 0 Å². The van der Waals surface area contributed by atoms with Gasteiger partial charge in [0.25, 0.3) is 5.91 Å². The molecule has 2 N–H and O–H groups in total. The Bertz CT molecular complexity index is 947. The van der Waals surface area contributed by atoms with Crippen molar-refractivity contribution in [2.45, 2.75) is 24.6 Å². The van der Waals surface area contributed by atoms with Crippen LogP contribution >= 0.6 is 0 Å². The third kappa shape index (κ3) is 2.71. The van der Waals surface area contributed by atoms with Gasteiger partial charge in [0.05, 0.1) is 11.1 Å². The number of aromatic nitrogens is 4. The lowest BCUT2D eigenvalue weighted by Crippen LogP contribution is -2.36. The van der Waals surface area contributed by atoms with E-state index in [1.165, 1.54) is 6.07 Å². The van der Waals surface area contributed by atoms with Gasteiger partial charge in [0.1, 0.15) is 5.54 Å². The lowest BCUT2D eigenvalue weighted by Gasteiger charge is -2.15. The molecule has 0 aliphatic heterocycles. The maximum absolute atomic E-state index is 12.9. The second kappa shape index (κ2) is 5.27. The number of hydrogen-bond donors (Lipinski definition) is 2. The minimum atomic E-state index is -4.49. The molecule has 0 radical (unpaired) electrons. The number of benzene rings is 1. The molecule has 4 rings (SSSR count). The Kier molecular flexibility index (Phi) is 3.28. The first-order valence-corrected chi connectivity index (χ1v) is 7.54. The Balaban J connectivity index is 1.67. The van der Waals surface area contributed by atoms with Crippen LogP contribution in [0.3, 0.4) is 0 Å². The molecule has 1 amide bonds. The monoisotopic (exact) mass is 347 g/mol. The highest BCUT2D eigenvalue weighted by molar-refractivity contribution is 6.05. The smallest absolute Gasteiger partial charge is 0.338 e. The summed E-state index contributed by atoms with van der Waals surface area (Å²) >= 11 is 0. The van der Waals surface area contributed by atoms with Crippen molar-refractivity contribution in [2.75, 3.05) is 0 Å². The molecule has 0 saturated heterocycles. The zero-order valence-electron chi connectivity index (χ0n) is 12.8. The molecule has 1 aliphatic carbocycles. The fourth-order valence-electron chi connectivity index (χ4n) is 2.72. The quantitative estimate of drug-likeness (QED) is 0.763. The highest BCUT2D eigenvalue weighted by Crippen LogP contribution is 2.43. The first-order chi connectivity index (χ1) is 11.9. The van der Waals surface area contributed by atoms with Crippen molar-refractivity contribution < 1.29 is 18.0 Å².